The van der Waals surface area contributed by atoms with Crippen LogP contribution in [0.25, 0.3) is 0 Å². The van der Waals surface area contributed by atoms with Crippen molar-refractivity contribution in [3.63, 3.8) is 0 Å². The van der Waals surface area contributed by atoms with E-state index in [2.05, 4.69) is 18.7 Å². The third kappa shape index (κ3) is 4.32. The molecule has 1 atom stereocenters. The fraction of sp³-hybridized carbons (Fsp3) is 0.562. The number of benzene rings is 1. The van der Waals surface area contributed by atoms with Gasteiger partial charge < -0.3 is 9.84 Å². The Morgan fingerprint density at radius 2 is 2.30 bits per heavy atom. The number of ether oxygens (including phenoxy) is 1. The molecular formula is C16H23NO3. The van der Waals surface area contributed by atoms with Gasteiger partial charge in [-0.15, -0.1) is 0 Å². The Kier molecular flexibility index (Phi) is 5.15. The van der Waals surface area contributed by atoms with Crippen LogP contribution in [0.2, 0.25) is 0 Å². The third-order valence-corrected chi connectivity index (χ3v) is 3.47. The van der Waals surface area contributed by atoms with Gasteiger partial charge in [0, 0.05) is 26.2 Å². The van der Waals surface area contributed by atoms with Gasteiger partial charge in [0.15, 0.2) is 0 Å². The zero-order valence-corrected chi connectivity index (χ0v) is 12.2. The van der Waals surface area contributed by atoms with E-state index in [1.807, 2.05) is 12.1 Å². The van der Waals surface area contributed by atoms with E-state index < -0.39 is 5.97 Å². The van der Waals surface area contributed by atoms with E-state index in [1.165, 1.54) is 0 Å². The zero-order chi connectivity index (χ0) is 14.5. The van der Waals surface area contributed by atoms with Crippen molar-refractivity contribution in [1.29, 1.82) is 0 Å². The smallest absolute Gasteiger partial charge is 0.335 e. The lowest BCUT2D eigenvalue weighted by atomic mass is 10.1. The Hall–Kier alpha value is -1.39. The normalized spacial score (nSPS) is 19.6. The molecule has 0 amide bonds. The Morgan fingerprint density at radius 3 is 3.00 bits per heavy atom. The molecule has 1 aromatic carbocycles. The SMILES string of the molecule is CC(C)COC1CCN(Cc2cccc(C(=O)O)c2)C1. The largest absolute Gasteiger partial charge is 0.478 e. The summed E-state index contributed by atoms with van der Waals surface area (Å²) < 4.78 is 5.86. The minimum Gasteiger partial charge on any atom is -0.478 e. The van der Waals surface area contributed by atoms with Gasteiger partial charge in [-0.1, -0.05) is 26.0 Å². The molecule has 0 saturated carbocycles. The van der Waals surface area contributed by atoms with Crippen molar-refractivity contribution in [3.05, 3.63) is 35.4 Å². The van der Waals surface area contributed by atoms with Crippen LogP contribution in [0.15, 0.2) is 24.3 Å². The summed E-state index contributed by atoms with van der Waals surface area (Å²) >= 11 is 0. The number of aromatic carboxylic acids is 1. The first kappa shape index (κ1) is 15.0. The number of carbonyl (C=O) groups is 1. The summed E-state index contributed by atoms with van der Waals surface area (Å²) in [6, 6.07) is 7.17. The Bertz CT molecular complexity index is 459. The van der Waals surface area contributed by atoms with E-state index in [-0.39, 0.29) is 0 Å². The average molecular weight is 277 g/mol. The average Bonchev–Trinajstić information content (AvgIpc) is 2.84. The van der Waals surface area contributed by atoms with Gasteiger partial charge in [0.2, 0.25) is 0 Å². The molecule has 0 radical (unpaired) electrons. The zero-order valence-electron chi connectivity index (χ0n) is 12.2. The van der Waals surface area contributed by atoms with Crippen molar-refractivity contribution in [2.24, 2.45) is 5.92 Å². The van der Waals surface area contributed by atoms with Crippen LogP contribution in [0.1, 0.15) is 36.2 Å². The van der Waals surface area contributed by atoms with Crippen LogP contribution in [0.4, 0.5) is 0 Å². The van der Waals surface area contributed by atoms with E-state index in [4.69, 9.17) is 9.84 Å². The lowest BCUT2D eigenvalue weighted by molar-refractivity contribution is 0.0412. The highest BCUT2D eigenvalue weighted by Crippen LogP contribution is 2.17. The molecule has 2 rings (SSSR count). The fourth-order valence-corrected chi connectivity index (χ4v) is 2.47. The molecule has 1 aliphatic rings. The fourth-order valence-electron chi connectivity index (χ4n) is 2.47. The Balaban J connectivity index is 1.85. The quantitative estimate of drug-likeness (QED) is 0.868. The van der Waals surface area contributed by atoms with Gasteiger partial charge in [0.25, 0.3) is 0 Å². The van der Waals surface area contributed by atoms with Crippen molar-refractivity contribution in [2.75, 3.05) is 19.7 Å². The number of rotatable bonds is 6. The highest BCUT2D eigenvalue weighted by molar-refractivity contribution is 5.87. The number of carboxylic acids is 1. The Labute approximate surface area is 120 Å². The van der Waals surface area contributed by atoms with E-state index in [9.17, 15) is 4.79 Å². The summed E-state index contributed by atoms with van der Waals surface area (Å²) in [5.74, 6) is -0.303. The monoisotopic (exact) mass is 277 g/mol. The van der Waals surface area contributed by atoms with Crippen molar-refractivity contribution < 1.29 is 14.6 Å². The summed E-state index contributed by atoms with van der Waals surface area (Å²) in [7, 11) is 0. The Morgan fingerprint density at radius 1 is 1.50 bits per heavy atom. The molecule has 4 heteroatoms. The van der Waals surface area contributed by atoms with E-state index in [1.54, 1.807) is 12.1 Å². The van der Waals surface area contributed by atoms with Crippen LogP contribution in [0, 0.1) is 5.92 Å². The molecule has 0 spiro atoms. The van der Waals surface area contributed by atoms with Crippen LogP contribution in [0.3, 0.4) is 0 Å². The van der Waals surface area contributed by atoms with Crippen LogP contribution < -0.4 is 0 Å². The lowest BCUT2D eigenvalue weighted by Crippen LogP contribution is -2.24. The molecule has 20 heavy (non-hydrogen) atoms. The summed E-state index contributed by atoms with van der Waals surface area (Å²) in [5.41, 5.74) is 1.41. The molecule has 1 N–H and O–H groups in total. The maximum Gasteiger partial charge on any atom is 0.335 e. The molecule has 0 bridgehead atoms. The molecule has 1 saturated heterocycles. The molecule has 4 nitrogen and oxygen atoms in total. The predicted octanol–water partition coefficient (Wildman–Crippen LogP) is 2.63. The van der Waals surface area contributed by atoms with Crippen molar-refractivity contribution >= 4 is 5.97 Å². The minimum absolute atomic E-state index is 0.319. The van der Waals surface area contributed by atoms with Crippen LogP contribution in [0.5, 0.6) is 0 Å². The highest BCUT2D eigenvalue weighted by atomic mass is 16.5. The summed E-state index contributed by atoms with van der Waals surface area (Å²) in [6.07, 6.45) is 1.38. The summed E-state index contributed by atoms with van der Waals surface area (Å²) in [5, 5.41) is 9.00. The van der Waals surface area contributed by atoms with Gasteiger partial charge in [0.1, 0.15) is 0 Å². The summed E-state index contributed by atoms with van der Waals surface area (Å²) in [4.78, 5) is 13.3. The van der Waals surface area contributed by atoms with Crippen LogP contribution >= 0.6 is 0 Å². The van der Waals surface area contributed by atoms with Crippen LogP contribution in [-0.2, 0) is 11.3 Å². The molecule has 0 aromatic heterocycles. The first-order chi connectivity index (χ1) is 9.54. The molecule has 0 aliphatic carbocycles. The highest BCUT2D eigenvalue weighted by Gasteiger charge is 2.23. The molecular weight excluding hydrogens is 254 g/mol. The number of carboxylic acid groups (broad SMARTS) is 1. The van der Waals surface area contributed by atoms with Gasteiger partial charge in [-0.25, -0.2) is 4.79 Å². The van der Waals surface area contributed by atoms with Crippen molar-refractivity contribution in [2.45, 2.75) is 32.9 Å². The number of hydrogen-bond acceptors (Lipinski definition) is 3. The number of hydrogen-bond donors (Lipinski definition) is 1. The van der Waals surface area contributed by atoms with Gasteiger partial charge in [-0.3, -0.25) is 4.90 Å². The van der Waals surface area contributed by atoms with Crippen molar-refractivity contribution in [3.8, 4) is 0 Å². The van der Waals surface area contributed by atoms with E-state index >= 15 is 0 Å². The van der Waals surface area contributed by atoms with E-state index in [0.717, 1.165) is 38.2 Å². The van der Waals surface area contributed by atoms with Gasteiger partial charge >= 0.3 is 5.97 Å². The lowest BCUT2D eigenvalue weighted by Gasteiger charge is -2.17. The third-order valence-electron chi connectivity index (χ3n) is 3.47. The molecule has 1 unspecified atom stereocenters. The maximum absolute atomic E-state index is 11.0. The first-order valence-corrected chi connectivity index (χ1v) is 7.21. The summed E-state index contributed by atoms with van der Waals surface area (Å²) in [6.45, 7) is 7.87. The minimum atomic E-state index is -0.869. The second-order valence-corrected chi connectivity index (χ2v) is 5.88. The molecule has 1 aromatic rings. The molecule has 1 heterocycles. The second-order valence-electron chi connectivity index (χ2n) is 5.88. The first-order valence-electron chi connectivity index (χ1n) is 7.21. The maximum atomic E-state index is 11.0. The van der Waals surface area contributed by atoms with Crippen molar-refractivity contribution in [1.82, 2.24) is 4.90 Å². The molecule has 1 fully saturated rings. The second kappa shape index (κ2) is 6.86. The van der Waals surface area contributed by atoms with Gasteiger partial charge in [0.05, 0.1) is 11.7 Å². The number of likely N-dealkylation sites (tertiary alicyclic amines) is 1. The number of nitrogens with zero attached hydrogens (tertiary/aromatic N) is 1. The van der Waals surface area contributed by atoms with Gasteiger partial charge in [-0.2, -0.15) is 0 Å². The molecule has 1 aliphatic heterocycles. The van der Waals surface area contributed by atoms with Gasteiger partial charge in [-0.05, 0) is 30.0 Å². The predicted molar refractivity (Wildman–Crippen MR) is 77.9 cm³/mol. The molecule has 110 valence electrons. The van der Waals surface area contributed by atoms with E-state index in [0.29, 0.717) is 17.6 Å². The topological polar surface area (TPSA) is 49.8 Å². The van der Waals surface area contributed by atoms with Crippen LogP contribution in [-0.4, -0.2) is 41.8 Å². The standard InChI is InChI=1S/C16H23NO3/c1-12(2)11-20-15-6-7-17(10-15)9-13-4-3-5-14(8-13)16(18)19/h3-5,8,12,15H,6-7,9-11H2,1-2H3,(H,18,19).